The van der Waals surface area contributed by atoms with Gasteiger partial charge in [-0.05, 0) is 29.7 Å². The number of benzene rings is 2. The highest BCUT2D eigenvalue weighted by atomic mass is 35.5. The number of hydrogen-bond acceptors (Lipinski definition) is 2. The van der Waals surface area contributed by atoms with Crippen LogP contribution in [-0.2, 0) is 16.4 Å². The predicted octanol–water partition coefficient (Wildman–Crippen LogP) is 2.86. The first-order valence-electron chi connectivity index (χ1n) is 5.77. The van der Waals surface area contributed by atoms with Crippen molar-refractivity contribution >= 4 is 21.6 Å². The Morgan fingerprint density at radius 3 is 2.11 bits per heavy atom. The van der Waals surface area contributed by atoms with Crippen molar-refractivity contribution in [2.45, 2.75) is 16.7 Å². The fourth-order valence-corrected chi connectivity index (χ4v) is 2.64. The van der Waals surface area contributed by atoms with E-state index in [1.165, 1.54) is 12.1 Å². The molecule has 0 aromatic heterocycles. The molecule has 5 heteroatoms. The van der Waals surface area contributed by atoms with E-state index >= 15 is 0 Å². The van der Waals surface area contributed by atoms with Crippen LogP contribution >= 0.6 is 11.6 Å². The Balaban J connectivity index is 2.14. The predicted molar refractivity (Wildman–Crippen MR) is 76.6 cm³/mol. The van der Waals surface area contributed by atoms with Crippen LogP contribution in [0.25, 0.3) is 0 Å². The second-order valence-electron chi connectivity index (χ2n) is 4.27. The number of primary sulfonamides is 1. The fraction of sp³-hybridized carbons (Fsp3) is 0.143. The van der Waals surface area contributed by atoms with Crippen molar-refractivity contribution in [3.05, 3.63) is 65.7 Å². The Hall–Kier alpha value is -1.36. The lowest BCUT2D eigenvalue weighted by Gasteiger charge is -2.10. The van der Waals surface area contributed by atoms with Gasteiger partial charge in [0.05, 0.1) is 10.3 Å². The molecule has 0 heterocycles. The van der Waals surface area contributed by atoms with Crippen LogP contribution in [0.3, 0.4) is 0 Å². The van der Waals surface area contributed by atoms with Crippen LogP contribution in [0.15, 0.2) is 59.5 Å². The lowest BCUT2D eigenvalue weighted by Crippen LogP contribution is -2.12. The van der Waals surface area contributed by atoms with Gasteiger partial charge in [-0.2, -0.15) is 0 Å². The number of halogens is 1. The molecule has 1 unspecified atom stereocenters. The molecule has 0 aliphatic rings. The zero-order valence-electron chi connectivity index (χ0n) is 10.2. The Labute approximate surface area is 118 Å². The Bertz CT molecular complexity index is 639. The zero-order chi connectivity index (χ0) is 13.9. The fourth-order valence-electron chi connectivity index (χ4n) is 1.81. The molecule has 0 aliphatic carbocycles. The Kier molecular flexibility index (Phi) is 4.24. The number of sulfonamides is 1. The van der Waals surface area contributed by atoms with Gasteiger partial charge in [0.1, 0.15) is 0 Å². The summed E-state index contributed by atoms with van der Waals surface area (Å²) in [4.78, 5) is 0.0971. The topological polar surface area (TPSA) is 60.2 Å². The molecule has 0 radical (unpaired) electrons. The summed E-state index contributed by atoms with van der Waals surface area (Å²) in [6.07, 6.45) is 0.692. The van der Waals surface area contributed by atoms with Gasteiger partial charge in [0.2, 0.25) is 10.0 Å². The molecule has 19 heavy (non-hydrogen) atoms. The van der Waals surface area contributed by atoms with Crippen molar-refractivity contribution in [2.24, 2.45) is 5.14 Å². The summed E-state index contributed by atoms with van der Waals surface area (Å²) in [5, 5.41) is 4.85. The lowest BCUT2D eigenvalue weighted by molar-refractivity contribution is 0.597. The summed E-state index contributed by atoms with van der Waals surface area (Å²) < 4.78 is 22.3. The smallest absolute Gasteiger partial charge is 0.225 e. The second kappa shape index (κ2) is 5.74. The molecular weight excluding hydrogens is 282 g/mol. The quantitative estimate of drug-likeness (QED) is 0.882. The summed E-state index contributed by atoms with van der Waals surface area (Å²) in [6.45, 7) is 0. The van der Waals surface area contributed by atoms with Gasteiger partial charge in [-0.25, -0.2) is 13.6 Å². The minimum absolute atomic E-state index is 0.0971. The summed E-state index contributed by atoms with van der Waals surface area (Å²) >= 11 is 6.33. The normalized spacial score (nSPS) is 13.2. The monoisotopic (exact) mass is 295 g/mol. The molecule has 3 nitrogen and oxygen atoms in total. The molecule has 100 valence electrons. The van der Waals surface area contributed by atoms with Gasteiger partial charge in [-0.3, -0.25) is 0 Å². The van der Waals surface area contributed by atoms with Gasteiger partial charge in [0, 0.05) is 0 Å². The van der Waals surface area contributed by atoms with Crippen molar-refractivity contribution in [3.63, 3.8) is 0 Å². The summed E-state index contributed by atoms with van der Waals surface area (Å²) in [5.74, 6) is 0. The van der Waals surface area contributed by atoms with Crippen molar-refractivity contribution in [2.75, 3.05) is 0 Å². The van der Waals surface area contributed by atoms with Crippen LogP contribution in [0.2, 0.25) is 0 Å². The molecular formula is C14H14ClNO2S. The van der Waals surface area contributed by atoms with Crippen LogP contribution in [0.5, 0.6) is 0 Å². The Morgan fingerprint density at radius 2 is 1.58 bits per heavy atom. The average molecular weight is 296 g/mol. The van der Waals surface area contributed by atoms with E-state index < -0.39 is 10.0 Å². The first-order valence-corrected chi connectivity index (χ1v) is 7.76. The maximum atomic E-state index is 11.1. The maximum Gasteiger partial charge on any atom is 0.238 e. The molecule has 2 aromatic rings. The van der Waals surface area contributed by atoms with E-state index in [1.54, 1.807) is 12.1 Å². The standard InChI is InChI=1S/C14H14ClNO2S/c15-14(10-11-4-2-1-3-5-11)12-6-8-13(9-7-12)19(16,17)18/h1-9,14H,10H2,(H2,16,17,18). The van der Waals surface area contributed by atoms with Crippen LogP contribution < -0.4 is 5.14 Å². The van der Waals surface area contributed by atoms with Crippen molar-refractivity contribution in [1.82, 2.24) is 0 Å². The number of hydrogen-bond donors (Lipinski definition) is 1. The van der Waals surface area contributed by atoms with Gasteiger partial charge in [-0.1, -0.05) is 42.5 Å². The van der Waals surface area contributed by atoms with E-state index in [0.29, 0.717) is 6.42 Å². The minimum atomic E-state index is -3.65. The van der Waals surface area contributed by atoms with E-state index in [1.807, 2.05) is 30.3 Å². The van der Waals surface area contributed by atoms with Crippen molar-refractivity contribution < 1.29 is 8.42 Å². The van der Waals surface area contributed by atoms with E-state index in [2.05, 4.69) is 0 Å². The van der Waals surface area contributed by atoms with Crippen LogP contribution in [0.4, 0.5) is 0 Å². The van der Waals surface area contributed by atoms with Crippen molar-refractivity contribution in [1.29, 1.82) is 0 Å². The molecule has 0 fully saturated rings. The first-order chi connectivity index (χ1) is 8.97. The van der Waals surface area contributed by atoms with E-state index in [9.17, 15) is 8.42 Å². The van der Waals surface area contributed by atoms with Gasteiger partial charge >= 0.3 is 0 Å². The summed E-state index contributed by atoms with van der Waals surface area (Å²) in [6, 6.07) is 16.2. The second-order valence-corrected chi connectivity index (χ2v) is 6.36. The first kappa shape index (κ1) is 14.1. The van der Waals surface area contributed by atoms with E-state index in [-0.39, 0.29) is 10.3 Å². The number of nitrogens with two attached hydrogens (primary N) is 1. The molecule has 0 spiro atoms. The molecule has 0 aliphatic heterocycles. The zero-order valence-corrected chi connectivity index (χ0v) is 11.7. The number of rotatable bonds is 4. The van der Waals surface area contributed by atoms with Crippen LogP contribution in [0.1, 0.15) is 16.5 Å². The third-order valence-electron chi connectivity index (χ3n) is 2.83. The van der Waals surface area contributed by atoms with E-state index in [4.69, 9.17) is 16.7 Å². The molecule has 0 saturated carbocycles. The molecule has 0 bridgehead atoms. The van der Waals surface area contributed by atoms with Gasteiger partial charge in [-0.15, -0.1) is 11.6 Å². The summed E-state index contributed by atoms with van der Waals surface area (Å²) in [5.41, 5.74) is 2.01. The van der Waals surface area contributed by atoms with Gasteiger partial charge in [0.25, 0.3) is 0 Å². The highest BCUT2D eigenvalue weighted by molar-refractivity contribution is 7.89. The van der Waals surface area contributed by atoms with Crippen LogP contribution in [0, 0.1) is 0 Å². The highest BCUT2D eigenvalue weighted by Gasteiger charge is 2.11. The van der Waals surface area contributed by atoms with Gasteiger partial charge < -0.3 is 0 Å². The Morgan fingerprint density at radius 1 is 1.00 bits per heavy atom. The average Bonchev–Trinajstić information content (AvgIpc) is 2.39. The SMILES string of the molecule is NS(=O)(=O)c1ccc(C(Cl)Cc2ccccc2)cc1. The van der Waals surface area contributed by atoms with E-state index in [0.717, 1.165) is 11.1 Å². The third-order valence-corrected chi connectivity index (χ3v) is 4.16. The minimum Gasteiger partial charge on any atom is -0.225 e. The van der Waals surface area contributed by atoms with Crippen molar-refractivity contribution in [3.8, 4) is 0 Å². The molecule has 2 rings (SSSR count). The number of alkyl halides is 1. The van der Waals surface area contributed by atoms with Crippen LogP contribution in [-0.4, -0.2) is 8.42 Å². The summed E-state index contributed by atoms with van der Waals surface area (Å²) in [7, 11) is -3.65. The highest BCUT2D eigenvalue weighted by Crippen LogP contribution is 2.25. The molecule has 2 aromatic carbocycles. The molecule has 2 N–H and O–H groups in total. The molecule has 0 amide bonds. The maximum absolute atomic E-state index is 11.1. The molecule has 0 saturated heterocycles. The largest absolute Gasteiger partial charge is 0.238 e. The molecule has 1 atom stereocenters. The lowest BCUT2D eigenvalue weighted by atomic mass is 10.0. The van der Waals surface area contributed by atoms with Gasteiger partial charge in [0.15, 0.2) is 0 Å². The third kappa shape index (κ3) is 3.80.